The van der Waals surface area contributed by atoms with Crippen LogP contribution in [0.2, 0.25) is 0 Å². The summed E-state index contributed by atoms with van der Waals surface area (Å²) in [7, 11) is 0. The van der Waals surface area contributed by atoms with Crippen molar-refractivity contribution in [1.29, 1.82) is 0 Å². The largest absolute Gasteiger partial charge is 0.481 e. The van der Waals surface area contributed by atoms with Crippen LogP contribution in [0.15, 0.2) is 30.5 Å². The summed E-state index contributed by atoms with van der Waals surface area (Å²) in [4.78, 5) is 19.9. The average molecular weight is 513 g/mol. The van der Waals surface area contributed by atoms with E-state index >= 15 is 4.39 Å². The van der Waals surface area contributed by atoms with Gasteiger partial charge in [-0.2, -0.15) is 8.78 Å². The predicted octanol–water partition coefficient (Wildman–Crippen LogP) is 5.48. The fourth-order valence-corrected chi connectivity index (χ4v) is 6.05. The smallest absolute Gasteiger partial charge is 0.387 e. The van der Waals surface area contributed by atoms with Gasteiger partial charge >= 0.3 is 12.6 Å². The van der Waals surface area contributed by atoms with Gasteiger partial charge in [-0.15, -0.1) is 11.3 Å². The van der Waals surface area contributed by atoms with Crippen LogP contribution in [0.4, 0.5) is 13.2 Å². The number of ether oxygens (including phenoxy) is 2. The van der Waals surface area contributed by atoms with Crippen molar-refractivity contribution in [2.24, 2.45) is 16.7 Å². The lowest BCUT2D eigenvalue weighted by molar-refractivity contribution is -0.181. The molecule has 0 saturated carbocycles. The Kier molecular flexibility index (Phi) is 7.19. The molecular weight excluding hydrogens is 481 g/mol. The molecule has 2 fully saturated rings. The molecule has 2 aliphatic rings. The molecule has 3 heterocycles. The van der Waals surface area contributed by atoms with Gasteiger partial charge in [-0.25, -0.2) is 9.37 Å². The summed E-state index contributed by atoms with van der Waals surface area (Å²) in [5, 5.41) is 10.8. The molecule has 10 heteroatoms. The van der Waals surface area contributed by atoms with E-state index in [1.54, 1.807) is 24.4 Å². The Labute approximate surface area is 207 Å². The molecule has 35 heavy (non-hydrogen) atoms. The van der Waals surface area contributed by atoms with Gasteiger partial charge in [0, 0.05) is 37.1 Å². The normalized spacial score (nSPS) is 24.8. The second kappa shape index (κ2) is 9.71. The molecule has 0 radical (unpaired) electrons. The minimum atomic E-state index is -2.94. The number of para-hydroxylation sites is 1. The number of aliphatic carboxylic acids is 1. The summed E-state index contributed by atoms with van der Waals surface area (Å²) >= 11 is 1.35. The summed E-state index contributed by atoms with van der Waals surface area (Å²) in [5.41, 5.74) is -2.53. The Morgan fingerprint density at radius 2 is 2.06 bits per heavy atom. The zero-order valence-corrected chi connectivity index (χ0v) is 20.9. The fraction of sp³-hybridized carbons (Fsp3) is 0.600. The number of likely N-dealkylation sites (tertiary alicyclic amines) is 1. The maximum Gasteiger partial charge on any atom is 0.387 e. The minimum Gasteiger partial charge on any atom is -0.481 e. The molecule has 192 valence electrons. The van der Waals surface area contributed by atoms with Gasteiger partial charge in [-0.05, 0) is 29.9 Å². The molecule has 0 amide bonds. The van der Waals surface area contributed by atoms with Crippen LogP contribution < -0.4 is 4.74 Å². The number of carboxylic acids is 1. The molecule has 0 aliphatic carbocycles. The van der Waals surface area contributed by atoms with Gasteiger partial charge in [0.1, 0.15) is 10.8 Å². The molecule has 2 saturated heterocycles. The van der Waals surface area contributed by atoms with Gasteiger partial charge in [0.25, 0.3) is 0 Å². The molecule has 2 atom stereocenters. The van der Waals surface area contributed by atoms with Crippen LogP contribution in [0.3, 0.4) is 0 Å². The van der Waals surface area contributed by atoms with E-state index in [4.69, 9.17) is 4.74 Å². The SMILES string of the molecule is CC(C)(C)[C@H]1CN(Cc2cnc(-c3ccccc3OC(F)F)s2)C[C@](CC2(F)COC2)(C(=O)O)C1. The zero-order valence-electron chi connectivity index (χ0n) is 20.1. The first-order valence-electron chi connectivity index (χ1n) is 11.6. The third-order valence-electron chi connectivity index (χ3n) is 6.96. The number of hydrogen-bond donors (Lipinski definition) is 1. The number of alkyl halides is 3. The maximum atomic E-state index is 15.1. The molecule has 1 N–H and O–H groups in total. The Morgan fingerprint density at radius 1 is 1.34 bits per heavy atom. The standard InChI is InChI=1S/C25H31F3N2O4S/c1-23(2,3)16-8-24(21(31)32,12-25(28)14-33-15-25)13-30(10-16)11-17-9-29-20(35-17)18-6-4-5-7-19(18)34-22(26)27/h4-7,9,16,22H,8,10-15H2,1-3H3,(H,31,32)/t16-,24+/m1/s1. The molecule has 2 aliphatic heterocycles. The van der Waals surface area contributed by atoms with Crippen molar-refractivity contribution < 1.29 is 32.5 Å². The number of piperidine rings is 1. The van der Waals surface area contributed by atoms with E-state index in [-0.39, 0.29) is 43.3 Å². The Bertz CT molecular complexity index is 1050. The van der Waals surface area contributed by atoms with Gasteiger partial charge in [-0.3, -0.25) is 9.69 Å². The number of carbonyl (C=O) groups is 1. The first kappa shape index (κ1) is 25.9. The highest BCUT2D eigenvalue weighted by Crippen LogP contribution is 2.48. The minimum absolute atomic E-state index is 0.0458. The van der Waals surface area contributed by atoms with E-state index in [0.717, 1.165) is 4.88 Å². The van der Waals surface area contributed by atoms with Crippen LogP contribution in [-0.4, -0.2) is 59.5 Å². The monoisotopic (exact) mass is 512 g/mol. The molecule has 0 unspecified atom stereocenters. The summed E-state index contributed by atoms with van der Waals surface area (Å²) in [6.45, 7) is 4.49. The number of rotatable bonds is 8. The number of aromatic nitrogens is 1. The molecule has 6 nitrogen and oxygen atoms in total. The number of carboxylic acid groups (broad SMARTS) is 1. The van der Waals surface area contributed by atoms with Gasteiger partial charge in [0.05, 0.1) is 24.2 Å². The summed E-state index contributed by atoms with van der Waals surface area (Å²) in [6, 6.07) is 6.49. The van der Waals surface area contributed by atoms with E-state index in [9.17, 15) is 18.7 Å². The van der Waals surface area contributed by atoms with Gasteiger partial charge in [0.15, 0.2) is 5.67 Å². The van der Waals surface area contributed by atoms with Crippen molar-refractivity contribution in [3.05, 3.63) is 35.3 Å². The van der Waals surface area contributed by atoms with E-state index in [2.05, 4.69) is 35.4 Å². The topological polar surface area (TPSA) is 71.9 Å². The molecule has 0 spiro atoms. The summed E-state index contributed by atoms with van der Waals surface area (Å²) in [5.74, 6) is -0.886. The van der Waals surface area contributed by atoms with E-state index in [1.165, 1.54) is 17.4 Å². The van der Waals surface area contributed by atoms with Crippen molar-refractivity contribution in [3.63, 3.8) is 0 Å². The lowest BCUT2D eigenvalue weighted by atomic mass is 9.63. The third-order valence-corrected chi connectivity index (χ3v) is 7.98. The van der Waals surface area contributed by atoms with Crippen molar-refractivity contribution in [2.75, 3.05) is 26.3 Å². The predicted molar refractivity (Wildman–Crippen MR) is 126 cm³/mol. The van der Waals surface area contributed by atoms with Crippen LogP contribution in [0.1, 0.15) is 38.5 Å². The fourth-order valence-electron chi connectivity index (χ4n) is 5.06. The zero-order chi connectivity index (χ0) is 25.4. The second-order valence-corrected chi connectivity index (χ2v) is 12.0. The maximum absolute atomic E-state index is 15.1. The van der Waals surface area contributed by atoms with Crippen molar-refractivity contribution >= 4 is 17.3 Å². The second-order valence-electron chi connectivity index (χ2n) is 10.8. The van der Waals surface area contributed by atoms with E-state index in [0.29, 0.717) is 30.1 Å². The Balaban J connectivity index is 1.58. The lowest BCUT2D eigenvalue weighted by Gasteiger charge is -2.50. The van der Waals surface area contributed by atoms with Crippen molar-refractivity contribution in [2.45, 2.75) is 52.4 Å². The average Bonchev–Trinajstić information content (AvgIpc) is 3.20. The number of nitrogens with zero attached hydrogens (tertiary/aromatic N) is 2. The highest BCUT2D eigenvalue weighted by Gasteiger charge is 2.55. The Hall–Kier alpha value is -2.17. The molecular formula is C25H31F3N2O4S. The highest BCUT2D eigenvalue weighted by atomic mass is 32.1. The molecule has 4 rings (SSSR count). The number of benzene rings is 1. The van der Waals surface area contributed by atoms with E-state index < -0.39 is 23.7 Å². The van der Waals surface area contributed by atoms with Crippen LogP contribution in [0.5, 0.6) is 5.75 Å². The highest BCUT2D eigenvalue weighted by molar-refractivity contribution is 7.15. The van der Waals surface area contributed by atoms with Crippen LogP contribution in [0, 0.1) is 16.7 Å². The van der Waals surface area contributed by atoms with Crippen LogP contribution in [-0.2, 0) is 16.1 Å². The summed E-state index contributed by atoms with van der Waals surface area (Å²) in [6.07, 6.45) is 2.00. The first-order chi connectivity index (χ1) is 16.4. The summed E-state index contributed by atoms with van der Waals surface area (Å²) < 4.78 is 50.4. The van der Waals surface area contributed by atoms with Gasteiger partial charge in [-0.1, -0.05) is 32.9 Å². The van der Waals surface area contributed by atoms with Crippen LogP contribution in [0.25, 0.3) is 10.6 Å². The van der Waals surface area contributed by atoms with Crippen molar-refractivity contribution in [3.8, 4) is 16.3 Å². The first-order valence-corrected chi connectivity index (χ1v) is 12.4. The van der Waals surface area contributed by atoms with Gasteiger partial charge in [0.2, 0.25) is 0 Å². The molecule has 1 aromatic carbocycles. The number of thiazole rings is 1. The third kappa shape index (κ3) is 5.81. The lowest BCUT2D eigenvalue weighted by Crippen LogP contribution is -2.58. The van der Waals surface area contributed by atoms with Crippen LogP contribution >= 0.6 is 11.3 Å². The Morgan fingerprint density at radius 3 is 2.66 bits per heavy atom. The molecule has 0 bridgehead atoms. The van der Waals surface area contributed by atoms with E-state index in [1.807, 2.05) is 0 Å². The van der Waals surface area contributed by atoms with Gasteiger partial charge < -0.3 is 14.6 Å². The number of hydrogen-bond acceptors (Lipinski definition) is 6. The molecule has 2 aromatic rings. The van der Waals surface area contributed by atoms with Crippen molar-refractivity contribution in [1.82, 2.24) is 9.88 Å². The molecule has 1 aromatic heterocycles. The quantitative estimate of drug-likeness (QED) is 0.505. The number of halogens is 3.